The van der Waals surface area contributed by atoms with Crippen LogP contribution < -0.4 is 5.32 Å². The van der Waals surface area contributed by atoms with Gasteiger partial charge < -0.3 is 10.4 Å². The topological polar surface area (TPSA) is 49.3 Å². The van der Waals surface area contributed by atoms with Gasteiger partial charge in [-0.25, -0.2) is 4.79 Å². The number of aryl methyl sites for hydroxylation is 2. The van der Waals surface area contributed by atoms with E-state index < -0.39 is 5.97 Å². The van der Waals surface area contributed by atoms with Gasteiger partial charge in [0.2, 0.25) is 0 Å². The summed E-state index contributed by atoms with van der Waals surface area (Å²) in [6.45, 7) is 4.99. The monoisotopic (exact) mass is 261 g/mol. The summed E-state index contributed by atoms with van der Waals surface area (Å²) in [6, 6.07) is 8.97. The number of benzene rings is 1. The van der Waals surface area contributed by atoms with Crippen molar-refractivity contribution < 1.29 is 9.90 Å². The maximum atomic E-state index is 10.7. The van der Waals surface area contributed by atoms with E-state index in [0.29, 0.717) is 5.56 Å². The molecule has 0 saturated carbocycles. The first-order valence-corrected chi connectivity index (χ1v) is 6.51. The van der Waals surface area contributed by atoms with Crippen molar-refractivity contribution in [1.82, 2.24) is 0 Å². The molecule has 0 radical (unpaired) electrons. The smallest absolute Gasteiger partial charge is 0.335 e. The highest BCUT2D eigenvalue weighted by Gasteiger charge is 2.03. The summed E-state index contributed by atoms with van der Waals surface area (Å²) in [5.41, 5.74) is 2.56. The van der Waals surface area contributed by atoms with Gasteiger partial charge in [0, 0.05) is 22.0 Å². The molecule has 2 rings (SSSR count). The molecule has 0 bridgehead atoms. The van der Waals surface area contributed by atoms with Crippen molar-refractivity contribution >= 4 is 23.0 Å². The van der Waals surface area contributed by atoms with Gasteiger partial charge in [-0.05, 0) is 49.7 Å². The lowest BCUT2D eigenvalue weighted by Crippen LogP contribution is -1.99. The average molecular weight is 261 g/mol. The van der Waals surface area contributed by atoms with Gasteiger partial charge in [-0.15, -0.1) is 11.3 Å². The number of anilines is 1. The highest BCUT2D eigenvalue weighted by atomic mass is 32.1. The number of hydrogen-bond donors (Lipinski definition) is 2. The first-order valence-electron chi connectivity index (χ1n) is 5.69. The fourth-order valence-electron chi connectivity index (χ4n) is 1.66. The molecule has 1 heterocycles. The molecule has 0 spiro atoms. The van der Waals surface area contributed by atoms with Crippen molar-refractivity contribution in [3.05, 3.63) is 51.2 Å². The van der Waals surface area contributed by atoms with Crippen molar-refractivity contribution in [1.29, 1.82) is 0 Å². The van der Waals surface area contributed by atoms with Crippen LogP contribution in [0.1, 0.15) is 25.7 Å². The summed E-state index contributed by atoms with van der Waals surface area (Å²) in [7, 11) is 0. The fourth-order valence-corrected chi connectivity index (χ4v) is 2.65. The van der Waals surface area contributed by atoms with Gasteiger partial charge >= 0.3 is 5.97 Å². The predicted octanol–water partition coefficient (Wildman–Crippen LogP) is 3.68. The van der Waals surface area contributed by atoms with E-state index in [0.717, 1.165) is 12.2 Å². The van der Waals surface area contributed by atoms with Gasteiger partial charge in [-0.1, -0.05) is 0 Å². The average Bonchev–Trinajstić information content (AvgIpc) is 2.67. The van der Waals surface area contributed by atoms with Crippen molar-refractivity contribution in [3.8, 4) is 0 Å². The van der Waals surface area contributed by atoms with Crippen LogP contribution in [0.15, 0.2) is 30.3 Å². The van der Waals surface area contributed by atoms with Crippen molar-refractivity contribution in [2.45, 2.75) is 20.4 Å². The molecule has 1 aromatic carbocycles. The molecule has 1 aromatic heterocycles. The molecule has 18 heavy (non-hydrogen) atoms. The van der Waals surface area contributed by atoms with Crippen LogP contribution in [0.3, 0.4) is 0 Å². The number of nitrogens with one attached hydrogen (secondary N) is 1. The molecular formula is C14H15NO2S. The van der Waals surface area contributed by atoms with E-state index in [1.54, 1.807) is 35.6 Å². The number of hydrogen-bond acceptors (Lipinski definition) is 3. The first kappa shape index (κ1) is 12.6. The van der Waals surface area contributed by atoms with Gasteiger partial charge in [-0.2, -0.15) is 0 Å². The van der Waals surface area contributed by atoms with E-state index in [4.69, 9.17) is 5.11 Å². The zero-order valence-corrected chi connectivity index (χ0v) is 11.2. The zero-order valence-electron chi connectivity index (χ0n) is 10.4. The van der Waals surface area contributed by atoms with Gasteiger partial charge in [-0.3, -0.25) is 0 Å². The SMILES string of the molecule is Cc1cc(CNc2ccc(C(=O)O)cc2)sc1C. The van der Waals surface area contributed by atoms with Gasteiger partial charge in [0.1, 0.15) is 0 Å². The van der Waals surface area contributed by atoms with E-state index in [2.05, 4.69) is 25.2 Å². The Morgan fingerprint density at radius 2 is 1.94 bits per heavy atom. The van der Waals surface area contributed by atoms with Crippen molar-refractivity contribution in [2.75, 3.05) is 5.32 Å². The molecule has 4 heteroatoms. The maximum absolute atomic E-state index is 10.7. The third-order valence-corrected chi connectivity index (χ3v) is 3.97. The third kappa shape index (κ3) is 2.90. The highest BCUT2D eigenvalue weighted by Crippen LogP contribution is 2.21. The summed E-state index contributed by atoms with van der Waals surface area (Å²) in [6.07, 6.45) is 0. The Labute approximate surface area is 110 Å². The second kappa shape index (κ2) is 5.23. The number of carbonyl (C=O) groups is 1. The van der Waals surface area contributed by atoms with E-state index >= 15 is 0 Å². The Morgan fingerprint density at radius 3 is 2.44 bits per heavy atom. The van der Waals surface area contributed by atoms with Crippen LogP contribution in [0.4, 0.5) is 5.69 Å². The Bertz CT molecular complexity index is 538. The van der Waals surface area contributed by atoms with E-state index in [1.807, 2.05) is 0 Å². The van der Waals surface area contributed by atoms with Crippen molar-refractivity contribution in [2.24, 2.45) is 0 Å². The van der Waals surface area contributed by atoms with Crippen LogP contribution in [-0.2, 0) is 6.54 Å². The van der Waals surface area contributed by atoms with E-state index in [1.165, 1.54) is 15.3 Å². The molecule has 0 atom stereocenters. The normalized spacial score (nSPS) is 10.3. The maximum Gasteiger partial charge on any atom is 0.335 e. The number of rotatable bonds is 4. The van der Waals surface area contributed by atoms with E-state index in [9.17, 15) is 4.79 Å². The van der Waals surface area contributed by atoms with Crippen LogP contribution >= 0.6 is 11.3 Å². The van der Waals surface area contributed by atoms with Crippen LogP contribution in [0, 0.1) is 13.8 Å². The molecule has 2 aromatic rings. The number of carboxylic acid groups (broad SMARTS) is 1. The zero-order chi connectivity index (χ0) is 13.1. The minimum Gasteiger partial charge on any atom is -0.478 e. The lowest BCUT2D eigenvalue weighted by atomic mass is 10.2. The molecule has 0 amide bonds. The van der Waals surface area contributed by atoms with Crippen LogP contribution in [0.25, 0.3) is 0 Å². The Kier molecular flexibility index (Phi) is 3.67. The summed E-state index contributed by atoms with van der Waals surface area (Å²) in [4.78, 5) is 13.3. The molecule has 94 valence electrons. The second-order valence-corrected chi connectivity index (χ2v) is 5.53. The molecule has 0 aliphatic heterocycles. The molecule has 3 nitrogen and oxygen atoms in total. The quantitative estimate of drug-likeness (QED) is 0.882. The van der Waals surface area contributed by atoms with Gasteiger partial charge in [0.15, 0.2) is 0 Å². The molecule has 0 saturated heterocycles. The summed E-state index contributed by atoms with van der Waals surface area (Å²) < 4.78 is 0. The van der Waals surface area contributed by atoms with Crippen LogP contribution in [-0.4, -0.2) is 11.1 Å². The lowest BCUT2D eigenvalue weighted by Gasteiger charge is -2.04. The summed E-state index contributed by atoms with van der Waals surface area (Å²) in [5, 5.41) is 12.1. The summed E-state index contributed by atoms with van der Waals surface area (Å²) >= 11 is 1.79. The van der Waals surface area contributed by atoms with Gasteiger partial charge in [0.25, 0.3) is 0 Å². The Balaban J connectivity index is 2.00. The minimum absolute atomic E-state index is 0.309. The highest BCUT2D eigenvalue weighted by molar-refractivity contribution is 7.12. The third-order valence-electron chi connectivity index (χ3n) is 2.82. The molecular weight excluding hydrogens is 246 g/mol. The lowest BCUT2D eigenvalue weighted by molar-refractivity contribution is 0.0697. The largest absolute Gasteiger partial charge is 0.478 e. The Hall–Kier alpha value is -1.81. The van der Waals surface area contributed by atoms with Crippen LogP contribution in [0.2, 0.25) is 0 Å². The molecule has 0 aliphatic rings. The molecule has 0 fully saturated rings. The molecule has 0 unspecified atom stereocenters. The van der Waals surface area contributed by atoms with Gasteiger partial charge in [0.05, 0.1) is 5.56 Å². The minimum atomic E-state index is -0.897. The number of carboxylic acids is 1. The molecule has 0 aliphatic carbocycles. The standard InChI is InChI=1S/C14H15NO2S/c1-9-7-13(18-10(9)2)8-15-12-5-3-11(4-6-12)14(16)17/h3-7,15H,8H2,1-2H3,(H,16,17). The fraction of sp³-hybridized carbons (Fsp3) is 0.214. The van der Waals surface area contributed by atoms with E-state index in [-0.39, 0.29) is 0 Å². The first-order chi connectivity index (χ1) is 8.56. The van der Waals surface area contributed by atoms with Crippen LogP contribution in [0.5, 0.6) is 0 Å². The number of thiophene rings is 1. The predicted molar refractivity (Wildman–Crippen MR) is 74.5 cm³/mol. The molecule has 2 N–H and O–H groups in total. The summed E-state index contributed by atoms with van der Waals surface area (Å²) in [5.74, 6) is -0.897. The second-order valence-electron chi connectivity index (χ2n) is 4.19. The van der Waals surface area contributed by atoms with Crippen molar-refractivity contribution in [3.63, 3.8) is 0 Å². The number of aromatic carboxylic acids is 1. The Morgan fingerprint density at radius 1 is 1.28 bits per heavy atom.